The van der Waals surface area contributed by atoms with Gasteiger partial charge in [0.1, 0.15) is 0 Å². The largest absolute Gasteiger partial charge is 0.316 e. The molecule has 1 aliphatic heterocycles. The third-order valence-electron chi connectivity index (χ3n) is 4.10. The molecule has 1 nitrogen and oxygen atoms in total. The molecule has 0 aromatic carbocycles. The Bertz CT molecular complexity index is 180. The smallest absolute Gasteiger partial charge is 0.00173 e. The Balaban J connectivity index is 1.99. The number of hydrogen-bond acceptors (Lipinski definition) is 1. The SMILES string of the molecule is CC1CC(C)(C)CC1C1CCNC1. The monoisotopic (exact) mass is 181 g/mol. The molecule has 0 aromatic rings. The average Bonchev–Trinajstić information content (AvgIpc) is 2.56. The average molecular weight is 181 g/mol. The molecule has 2 fully saturated rings. The lowest BCUT2D eigenvalue weighted by molar-refractivity contribution is 0.282. The van der Waals surface area contributed by atoms with Gasteiger partial charge in [0.2, 0.25) is 0 Å². The summed E-state index contributed by atoms with van der Waals surface area (Å²) in [5.41, 5.74) is 0.618. The number of hydrogen-bond donors (Lipinski definition) is 1. The maximum absolute atomic E-state index is 3.50. The van der Waals surface area contributed by atoms with Crippen LogP contribution in [0, 0.1) is 23.2 Å². The molecule has 0 aromatic heterocycles. The van der Waals surface area contributed by atoms with Crippen molar-refractivity contribution in [2.24, 2.45) is 23.2 Å². The highest BCUT2D eigenvalue weighted by atomic mass is 14.9. The molecule has 1 saturated carbocycles. The molecule has 0 radical (unpaired) electrons. The third kappa shape index (κ3) is 1.90. The van der Waals surface area contributed by atoms with Crippen molar-refractivity contribution in [2.45, 2.75) is 40.0 Å². The van der Waals surface area contributed by atoms with E-state index in [1.165, 1.54) is 32.4 Å². The lowest BCUT2D eigenvalue weighted by Crippen LogP contribution is -2.20. The van der Waals surface area contributed by atoms with E-state index in [4.69, 9.17) is 0 Å². The fourth-order valence-electron chi connectivity index (χ4n) is 3.62. The van der Waals surface area contributed by atoms with Crippen LogP contribution in [0.25, 0.3) is 0 Å². The number of rotatable bonds is 1. The van der Waals surface area contributed by atoms with Gasteiger partial charge in [-0.15, -0.1) is 0 Å². The zero-order chi connectivity index (χ0) is 9.47. The summed E-state index contributed by atoms with van der Waals surface area (Å²) in [5.74, 6) is 2.95. The normalized spacial score (nSPS) is 44.1. The van der Waals surface area contributed by atoms with Gasteiger partial charge in [0.05, 0.1) is 0 Å². The van der Waals surface area contributed by atoms with Gasteiger partial charge in [0.15, 0.2) is 0 Å². The van der Waals surface area contributed by atoms with Crippen LogP contribution in [0.1, 0.15) is 40.0 Å². The summed E-state index contributed by atoms with van der Waals surface area (Å²) in [5, 5.41) is 3.50. The predicted octanol–water partition coefficient (Wildman–Crippen LogP) is 2.67. The minimum atomic E-state index is 0.618. The van der Waals surface area contributed by atoms with E-state index < -0.39 is 0 Å². The van der Waals surface area contributed by atoms with Crippen LogP contribution in [0.15, 0.2) is 0 Å². The molecule has 3 atom stereocenters. The molecule has 1 heteroatoms. The summed E-state index contributed by atoms with van der Waals surface area (Å²) >= 11 is 0. The van der Waals surface area contributed by atoms with Gasteiger partial charge >= 0.3 is 0 Å². The standard InChI is InChI=1S/C12H23N/c1-9-6-12(2,3)7-11(9)10-4-5-13-8-10/h9-11,13H,4-8H2,1-3H3. The molecule has 0 spiro atoms. The highest BCUT2D eigenvalue weighted by Gasteiger charge is 2.40. The Labute approximate surface area is 82.3 Å². The van der Waals surface area contributed by atoms with Crippen LogP contribution in [0.5, 0.6) is 0 Å². The van der Waals surface area contributed by atoms with Gasteiger partial charge in [0.25, 0.3) is 0 Å². The summed E-state index contributed by atoms with van der Waals surface area (Å²) in [6.07, 6.45) is 4.32. The summed E-state index contributed by atoms with van der Waals surface area (Å²) in [7, 11) is 0. The Morgan fingerprint density at radius 2 is 2.00 bits per heavy atom. The van der Waals surface area contributed by atoms with E-state index in [0.29, 0.717) is 5.41 Å². The Morgan fingerprint density at radius 3 is 2.46 bits per heavy atom. The molecule has 76 valence electrons. The van der Waals surface area contributed by atoms with Crippen LogP contribution >= 0.6 is 0 Å². The fourth-order valence-corrected chi connectivity index (χ4v) is 3.62. The first-order valence-corrected chi connectivity index (χ1v) is 5.79. The van der Waals surface area contributed by atoms with Gasteiger partial charge in [-0.3, -0.25) is 0 Å². The molecule has 1 N–H and O–H groups in total. The van der Waals surface area contributed by atoms with Crippen molar-refractivity contribution in [2.75, 3.05) is 13.1 Å². The van der Waals surface area contributed by atoms with Crippen LogP contribution in [0.3, 0.4) is 0 Å². The molecular weight excluding hydrogens is 158 g/mol. The third-order valence-corrected chi connectivity index (χ3v) is 4.10. The Morgan fingerprint density at radius 1 is 1.23 bits per heavy atom. The molecule has 1 heterocycles. The van der Waals surface area contributed by atoms with Crippen molar-refractivity contribution < 1.29 is 0 Å². The second-order valence-electron chi connectivity index (χ2n) is 5.97. The summed E-state index contributed by atoms with van der Waals surface area (Å²) in [4.78, 5) is 0. The molecule has 0 amide bonds. The van der Waals surface area contributed by atoms with E-state index in [2.05, 4.69) is 26.1 Å². The van der Waals surface area contributed by atoms with E-state index >= 15 is 0 Å². The summed E-state index contributed by atoms with van der Waals surface area (Å²) < 4.78 is 0. The van der Waals surface area contributed by atoms with Crippen molar-refractivity contribution in [1.82, 2.24) is 5.32 Å². The summed E-state index contributed by atoms with van der Waals surface area (Å²) in [6.45, 7) is 9.87. The van der Waals surface area contributed by atoms with Crippen molar-refractivity contribution in [3.63, 3.8) is 0 Å². The first-order chi connectivity index (χ1) is 6.08. The molecule has 1 saturated heterocycles. The molecule has 2 rings (SSSR count). The second-order valence-corrected chi connectivity index (χ2v) is 5.97. The van der Waals surface area contributed by atoms with Gasteiger partial charge in [-0.1, -0.05) is 20.8 Å². The van der Waals surface area contributed by atoms with Crippen LogP contribution in [-0.2, 0) is 0 Å². The van der Waals surface area contributed by atoms with Crippen LogP contribution in [-0.4, -0.2) is 13.1 Å². The van der Waals surface area contributed by atoms with E-state index in [-0.39, 0.29) is 0 Å². The molecule has 3 unspecified atom stereocenters. The lowest BCUT2D eigenvalue weighted by Gasteiger charge is -2.22. The molecule has 0 bridgehead atoms. The highest BCUT2D eigenvalue weighted by molar-refractivity contribution is 4.92. The first kappa shape index (κ1) is 9.51. The minimum absolute atomic E-state index is 0.618. The Kier molecular flexibility index (Phi) is 2.39. The minimum Gasteiger partial charge on any atom is -0.316 e. The lowest BCUT2D eigenvalue weighted by atomic mass is 9.83. The van der Waals surface area contributed by atoms with Crippen molar-refractivity contribution in [3.8, 4) is 0 Å². The molecule has 2 aliphatic rings. The van der Waals surface area contributed by atoms with Crippen LogP contribution < -0.4 is 5.32 Å². The molecule has 1 aliphatic carbocycles. The van der Waals surface area contributed by atoms with Crippen molar-refractivity contribution in [1.29, 1.82) is 0 Å². The first-order valence-electron chi connectivity index (χ1n) is 5.79. The van der Waals surface area contributed by atoms with Crippen molar-refractivity contribution in [3.05, 3.63) is 0 Å². The molecule has 13 heavy (non-hydrogen) atoms. The zero-order valence-corrected chi connectivity index (χ0v) is 9.27. The van der Waals surface area contributed by atoms with Gasteiger partial charge in [0, 0.05) is 0 Å². The fraction of sp³-hybridized carbons (Fsp3) is 1.00. The predicted molar refractivity (Wildman–Crippen MR) is 56.6 cm³/mol. The van der Waals surface area contributed by atoms with E-state index in [9.17, 15) is 0 Å². The second kappa shape index (κ2) is 3.27. The Hall–Kier alpha value is -0.0400. The van der Waals surface area contributed by atoms with E-state index in [0.717, 1.165) is 17.8 Å². The highest BCUT2D eigenvalue weighted by Crippen LogP contribution is 2.48. The van der Waals surface area contributed by atoms with Gasteiger partial charge in [-0.05, 0) is 55.5 Å². The van der Waals surface area contributed by atoms with Gasteiger partial charge in [-0.2, -0.15) is 0 Å². The van der Waals surface area contributed by atoms with Crippen LogP contribution in [0.2, 0.25) is 0 Å². The topological polar surface area (TPSA) is 12.0 Å². The zero-order valence-electron chi connectivity index (χ0n) is 9.27. The van der Waals surface area contributed by atoms with E-state index in [1.54, 1.807) is 0 Å². The van der Waals surface area contributed by atoms with E-state index in [1.807, 2.05) is 0 Å². The quantitative estimate of drug-likeness (QED) is 0.656. The van der Waals surface area contributed by atoms with Crippen LogP contribution in [0.4, 0.5) is 0 Å². The van der Waals surface area contributed by atoms with Crippen molar-refractivity contribution >= 4 is 0 Å². The maximum atomic E-state index is 3.50. The van der Waals surface area contributed by atoms with Gasteiger partial charge < -0.3 is 5.32 Å². The number of nitrogens with one attached hydrogen (secondary N) is 1. The van der Waals surface area contributed by atoms with Gasteiger partial charge in [-0.25, -0.2) is 0 Å². The maximum Gasteiger partial charge on any atom is -0.00173 e. The molecular formula is C12H23N. The summed E-state index contributed by atoms with van der Waals surface area (Å²) in [6, 6.07) is 0.